The van der Waals surface area contributed by atoms with Crippen molar-refractivity contribution < 1.29 is 4.74 Å². The number of aryl methyl sites for hydroxylation is 1. The highest BCUT2D eigenvalue weighted by atomic mass is 16.5. The zero-order chi connectivity index (χ0) is 12.4. The summed E-state index contributed by atoms with van der Waals surface area (Å²) in [4.78, 5) is 4.22. The summed E-state index contributed by atoms with van der Waals surface area (Å²) in [7, 11) is 0. The second-order valence-corrected chi connectivity index (χ2v) is 5.64. The van der Waals surface area contributed by atoms with Crippen LogP contribution >= 0.6 is 0 Å². The lowest BCUT2D eigenvalue weighted by molar-refractivity contribution is 0.292. The topological polar surface area (TPSA) is 34.1 Å². The van der Waals surface area contributed by atoms with E-state index < -0.39 is 0 Å². The van der Waals surface area contributed by atoms with Crippen LogP contribution in [-0.2, 0) is 0 Å². The molecule has 0 aromatic carbocycles. The number of aromatic nitrogens is 1. The van der Waals surface area contributed by atoms with Crippen molar-refractivity contribution in [3.63, 3.8) is 0 Å². The van der Waals surface area contributed by atoms with Crippen LogP contribution in [0, 0.1) is 18.8 Å². The van der Waals surface area contributed by atoms with Gasteiger partial charge in [0.25, 0.3) is 0 Å². The van der Waals surface area contributed by atoms with Gasteiger partial charge in [0.2, 0.25) is 0 Å². The molecule has 1 aromatic rings. The first kappa shape index (κ1) is 12.0. The van der Waals surface area contributed by atoms with Crippen LogP contribution in [0.3, 0.4) is 0 Å². The SMILES string of the molecule is Cc1ccc(OCCNC(C2CC2)C2CC2)cn1. The first-order chi connectivity index (χ1) is 8.83. The van der Waals surface area contributed by atoms with Crippen molar-refractivity contribution in [3.05, 3.63) is 24.0 Å². The first-order valence-electron chi connectivity index (χ1n) is 7.12. The fourth-order valence-electron chi connectivity index (χ4n) is 2.56. The summed E-state index contributed by atoms with van der Waals surface area (Å²) in [6.07, 6.45) is 7.51. The van der Waals surface area contributed by atoms with Gasteiger partial charge in [-0.15, -0.1) is 0 Å². The molecule has 2 fully saturated rings. The minimum absolute atomic E-state index is 0.737. The Morgan fingerprint density at radius 1 is 1.28 bits per heavy atom. The van der Waals surface area contributed by atoms with Crippen LogP contribution in [0.1, 0.15) is 31.4 Å². The highest BCUT2D eigenvalue weighted by Gasteiger charge is 2.40. The molecule has 0 spiro atoms. The maximum atomic E-state index is 5.69. The minimum atomic E-state index is 0.737. The van der Waals surface area contributed by atoms with Crippen LogP contribution in [0.4, 0.5) is 0 Å². The zero-order valence-electron chi connectivity index (χ0n) is 11.1. The number of hydrogen-bond acceptors (Lipinski definition) is 3. The molecule has 1 heterocycles. The van der Waals surface area contributed by atoms with Gasteiger partial charge in [-0.2, -0.15) is 0 Å². The minimum Gasteiger partial charge on any atom is -0.491 e. The lowest BCUT2D eigenvalue weighted by Gasteiger charge is -2.17. The van der Waals surface area contributed by atoms with E-state index in [-0.39, 0.29) is 0 Å². The zero-order valence-corrected chi connectivity index (χ0v) is 11.1. The molecule has 18 heavy (non-hydrogen) atoms. The second kappa shape index (κ2) is 5.27. The summed E-state index contributed by atoms with van der Waals surface area (Å²) in [5.41, 5.74) is 1.03. The molecule has 0 aliphatic heterocycles. The van der Waals surface area contributed by atoms with Gasteiger partial charge in [0.1, 0.15) is 12.4 Å². The maximum absolute atomic E-state index is 5.69. The normalized spacial score (nSPS) is 19.2. The van der Waals surface area contributed by atoms with Crippen LogP contribution in [0.5, 0.6) is 5.75 Å². The lowest BCUT2D eigenvalue weighted by Crippen LogP contribution is -2.36. The van der Waals surface area contributed by atoms with Crippen molar-refractivity contribution in [2.24, 2.45) is 11.8 Å². The number of ether oxygens (including phenoxy) is 1. The molecule has 0 radical (unpaired) electrons. The first-order valence-corrected chi connectivity index (χ1v) is 7.12. The Balaban J connectivity index is 1.37. The Labute approximate surface area is 109 Å². The highest BCUT2D eigenvalue weighted by Crippen LogP contribution is 2.44. The molecular formula is C15H22N2O. The highest BCUT2D eigenvalue weighted by molar-refractivity contribution is 5.18. The van der Waals surface area contributed by atoms with Gasteiger partial charge in [-0.25, -0.2) is 0 Å². The summed E-state index contributed by atoms with van der Waals surface area (Å²) in [6.45, 7) is 3.67. The van der Waals surface area contributed by atoms with E-state index in [0.29, 0.717) is 0 Å². The third kappa shape index (κ3) is 3.22. The smallest absolute Gasteiger partial charge is 0.137 e. The molecule has 3 nitrogen and oxygen atoms in total. The monoisotopic (exact) mass is 246 g/mol. The number of hydrogen-bond donors (Lipinski definition) is 1. The summed E-state index contributed by atoms with van der Waals surface area (Å²) in [6, 6.07) is 4.74. The van der Waals surface area contributed by atoms with E-state index in [2.05, 4.69) is 10.3 Å². The molecule has 2 aliphatic carbocycles. The average Bonchev–Trinajstić information content (AvgIpc) is 3.25. The number of pyridine rings is 1. The van der Waals surface area contributed by atoms with E-state index in [9.17, 15) is 0 Å². The van der Waals surface area contributed by atoms with Gasteiger partial charge in [0.05, 0.1) is 6.20 Å². The van der Waals surface area contributed by atoms with Crippen molar-refractivity contribution in [1.29, 1.82) is 0 Å². The molecule has 3 rings (SSSR count). The molecule has 1 aromatic heterocycles. The van der Waals surface area contributed by atoms with E-state index in [1.807, 2.05) is 19.1 Å². The van der Waals surface area contributed by atoms with Gasteiger partial charge in [-0.05, 0) is 56.6 Å². The summed E-state index contributed by atoms with van der Waals surface area (Å²) in [5.74, 6) is 2.79. The predicted octanol–water partition coefficient (Wildman–Crippen LogP) is 2.55. The third-order valence-electron chi connectivity index (χ3n) is 3.89. The van der Waals surface area contributed by atoms with Gasteiger partial charge >= 0.3 is 0 Å². The van der Waals surface area contributed by atoms with Crippen molar-refractivity contribution in [2.75, 3.05) is 13.2 Å². The van der Waals surface area contributed by atoms with E-state index >= 15 is 0 Å². The standard InChI is InChI=1S/C15H22N2O/c1-11-2-7-14(10-17-11)18-9-8-16-15(12-3-4-12)13-5-6-13/h2,7,10,12-13,15-16H,3-6,8-9H2,1H3. The van der Waals surface area contributed by atoms with Crippen LogP contribution in [-0.4, -0.2) is 24.2 Å². The Morgan fingerprint density at radius 3 is 2.56 bits per heavy atom. The molecule has 3 heteroatoms. The quantitative estimate of drug-likeness (QED) is 0.751. The van der Waals surface area contributed by atoms with Gasteiger partial charge in [0, 0.05) is 18.3 Å². The van der Waals surface area contributed by atoms with Gasteiger partial charge < -0.3 is 10.1 Å². The lowest BCUT2D eigenvalue weighted by atomic mass is 10.1. The second-order valence-electron chi connectivity index (χ2n) is 5.64. The molecule has 0 bridgehead atoms. The average molecular weight is 246 g/mol. The Bertz CT molecular complexity index is 370. The van der Waals surface area contributed by atoms with E-state index in [1.165, 1.54) is 25.7 Å². The summed E-state index contributed by atoms with van der Waals surface area (Å²) in [5, 5.41) is 3.68. The number of nitrogens with one attached hydrogen (secondary N) is 1. The molecule has 0 amide bonds. The fourth-order valence-corrected chi connectivity index (χ4v) is 2.56. The molecule has 98 valence electrons. The van der Waals surface area contributed by atoms with E-state index in [4.69, 9.17) is 4.74 Å². The Hall–Kier alpha value is -1.09. The molecule has 2 aliphatic rings. The van der Waals surface area contributed by atoms with Gasteiger partial charge in [0.15, 0.2) is 0 Å². The van der Waals surface area contributed by atoms with Crippen molar-refractivity contribution in [3.8, 4) is 5.75 Å². The number of nitrogens with zero attached hydrogens (tertiary/aromatic N) is 1. The fraction of sp³-hybridized carbons (Fsp3) is 0.667. The Morgan fingerprint density at radius 2 is 2.00 bits per heavy atom. The van der Waals surface area contributed by atoms with E-state index in [0.717, 1.165) is 42.5 Å². The molecule has 1 N–H and O–H groups in total. The predicted molar refractivity (Wildman–Crippen MR) is 71.7 cm³/mol. The summed E-state index contributed by atoms with van der Waals surface area (Å²) < 4.78 is 5.69. The molecule has 2 saturated carbocycles. The van der Waals surface area contributed by atoms with Crippen LogP contribution in [0.2, 0.25) is 0 Å². The molecular weight excluding hydrogens is 224 g/mol. The van der Waals surface area contributed by atoms with Crippen LogP contribution < -0.4 is 10.1 Å². The van der Waals surface area contributed by atoms with Gasteiger partial charge in [-0.1, -0.05) is 0 Å². The van der Waals surface area contributed by atoms with E-state index in [1.54, 1.807) is 6.20 Å². The van der Waals surface area contributed by atoms with Crippen molar-refractivity contribution in [2.45, 2.75) is 38.6 Å². The molecule has 0 saturated heterocycles. The number of rotatable bonds is 7. The summed E-state index contributed by atoms with van der Waals surface area (Å²) >= 11 is 0. The molecule has 0 unspecified atom stereocenters. The van der Waals surface area contributed by atoms with Crippen molar-refractivity contribution in [1.82, 2.24) is 10.3 Å². The maximum Gasteiger partial charge on any atom is 0.137 e. The van der Waals surface area contributed by atoms with Gasteiger partial charge in [-0.3, -0.25) is 4.98 Å². The van der Waals surface area contributed by atoms with Crippen LogP contribution in [0.25, 0.3) is 0 Å². The molecule has 0 atom stereocenters. The third-order valence-corrected chi connectivity index (χ3v) is 3.89. The Kier molecular flexibility index (Phi) is 3.50. The largest absolute Gasteiger partial charge is 0.491 e. The van der Waals surface area contributed by atoms with Crippen LogP contribution in [0.15, 0.2) is 18.3 Å². The van der Waals surface area contributed by atoms with Crippen molar-refractivity contribution >= 4 is 0 Å².